The predicted octanol–water partition coefficient (Wildman–Crippen LogP) is 10.5. The van der Waals surface area contributed by atoms with Gasteiger partial charge in [0.1, 0.15) is 0 Å². The molecule has 0 saturated carbocycles. The molecule has 0 spiro atoms. The van der Waals surface area contributed by atoms with Crippen molar-refractivity contribution in [2.24, 2.45) is 0 Å². The van der Waals surface area contributed by atoms with Crippen molar-refractivity contribution < 1.29 is 15.0 Å². The van der Waals surface area contributed by atoms with Gasteiger partial charge in [0.2, 0.25) is 5.91 Å². The molecular formula is C38H69NO3. The number of rotatable bonds is 31. The predicted molar refractivity (Wildman–Crippen MR) is 184 cm³/mol. The summed E-state index contributed by atoms with van der Waals surface area (Å²) in [5.41, 5.74) is 0. The average Bonchev–Trinajstić information content (AvgIpc) is 2.99. The van der Waals surface area contributed by atoms with Gasteiger partial charge >= 0.3 is 0 Å². The van der Waals surface area contributed by atoms with Crippen LogP contribution >= 0.6 is 0 Å². The minimum atomic E-state index is -0.839. The fraction of sp³-hybridized carbons (Fsp3) is 0.763. The molecule has 0 radical (unpaired) electrons. The molecule has 0 bridgehead atoms. The van der Waals surface area contributed by atoms with Gasteiger partial charge in [-0.1, -0.05) is 152 Å². The molecule has 0 fully saturated rings. The van der Waals surface area contributed by atoms with Gasteiger partial charge in [0.25, 0.3) is 0 Å². The number of aliphatic hydroxyl groups excluding tert-OH is 2. The second-order valence-electron chi connectivity index (χ2n) is 11.9. The van der Waals surface area contributed by atoms with E-state index in [2.05, 4.69) is 55.6 Å². The molecule has 0 aliphatic carbocycles. The van der Waals surface area contributed by atoms with E-state index in [1.807, 2.05) is 6.08 Å². The van der Waals surface area contributed by atoms with Crippen LogP contribution in [0, 0.1) is 0 Å². The average molecular weight is 588 g/mol. The number of carbonyl (C=O) groups is 1. The van der Waals surface area contributed by atoms with Crippen LogP contribution in [0.1, 0.15) is 168 Å². The highest BCUT2D eigenvalue weighted by atomic mass is 16.3. The van der Waals surface area contributed by atoms with E-state index in [1.54, 1.807) is 6.08 Å². The Morgan fingerprint density at radius 2 is 0.976 bits per heavy atom. The quantitative estimate of drug-likeness (QED) is 0.0558. The first-order valence-electron chi connectivity index (χ1n) is 17.9. The summed E-state index contributed by atoms with van der Waals surface area (Å²) in [7, 11) is 0. The van der Waals surface area contributed by atoms with Crippen molar-refractivity contribution in [3.63, 3.8) is 0 Å². The molecule has 42 heavy (non-hydrogen) atoms. The molecule has 4 heteroatoms. The molecule has 0 rings (SSSR count). The van der Waals surface area contributed by atoms with Gasteiger partial charge in [-0.25, -0.2) is 0 Å². The maximum atomic E-state index is 12.2. The van der Waals surface area contributed by atoms with Crippen LogP contribution in [0.15, 0.2) is 48.6 Å². The Hall–Kier alpha value is -1.65. The van der Waals surface area contributed by atoms with Crippen LogP contribution < -0.4 is 5.32 Å². The van der Waals surface area contributed by atoms with Gasteiger partial charge in [-0.3, -0.25) is 4.79 Å². The lowest BCUT2D eigenvalue weighted by Crippen LogP contribution is -2.45. The van der Waals surface area contributed by atoms with Crippen molar-refractivity contribution in [1.29, 1.82) is 0 Å². The Balaban J connectivity index is 3.59. The van der Waals surface area contributed by atoms with Gasteiger partial charge in [0.15, 0.2) is 0 Å². The second kappa shape index (κ2) is 33.8. The van der Waals surface area contributed by atoms with Crippen LogP contribution in [0.3, 0.4) is 0 Å². The number of nitrogens with one attached hydrogen (secondary N) is 1. The molecule has 0 aliphatic rings. The zero-order valence-corrected chi connectivity index (χ0v) is 27.8. The number of hydrogen-bond donors (Lipinski definition) is 3. The first-order chi connectivity index (χ1) is 20.7. The monoisotopic (exact) mass is 588 g/mol. The Bertz CT molecular complexity index is 682. The number of aliphatic hydroxyl groups is 2. The number of allylic oxidation sites excluding steroid dienone is 7. The van der Waals surface area contributed by atoms with E-state index < -0.39 is 12.1 Å². The first-order valence-corrected chi connectivity index (χ1v) is 17.9. The topological polar surface area (TPSA) is 69.6 Å². The number of unbranched alkanes of at least 4 members (excludes halogenated alkanes) is 18. The molecule has 0 aliphatic heterocycles. The third kappa shape index (κ3) is 29.8. The molecular weight excluding hydrogens is 518 g/mol. The van der Waals surface area contributed by atoms with E-state index in [4.69, 9.17) is 0 Å². The summed E-state index contributed by atoms with van der Waals surface area (Å²) >= 11 is 0. The van der Waals surface area contributed by atoms with Gasteiger partial charge in [-0.05, 0) is 57.8 Å². The van der Waals surface area contributed by atoms with E-state index in [-0.39, 0.29) is 12.5 Å². The van der Waals surface area contributed by atoms with Gasteiger partial charge in [0, 0.05) is 6.42 Å². The summed E-state index contributed by atoms with van der Waals surface area (Å²) in [5.74, 6) is -0.0788. The Labute approximate surface area is 261 Å². The minimum Gasteiger partial charge on any atom is -0.394 e. The molecule has 0 saturated heterocycles. The van der Waals surface area contributed by atoms with Crippen molar-refractivity contribution >= 4 is 5.91 Å². The zero-order valence-electron chi connectivity index (χ0n) is 27.8. The van der Waals surface area contributed by atoms with E-state index in [9.17, 15) is 15.0 Å². The van der Waals surface area contributed by atoms with Crippen molar-refractivity contribution in [3.8, 4) is 0 Å². The Morgan fingerprint density at radius 1 is 0.571 bits per heavy atom. The van der Waals surface area contributed by atoms with E-state index in [0.717, 1.165) is 38.5 Å². The summed E-state index contributed by atoms with van der Waals surface area (Å²) in [6.45, 7) is 4.22. The Kier molecular flexibility index (Phi) is 32.5. The normalized spacial score (nSPS) is 13.7. The summed E-state index contributed by atoms with van der Waals surface area (Å²) in [6.07, 6.45) is 44.9. The summed E-state index contributed by atoms with van der Waals surface area (Å²) < 4.78 is 0. The van der Waals surface area contributed by atoms with Crippen LogP contribution in [0.2, 0.25) is 0 Å². The second-order valence-corrected chi connectivity index (χ2v) is 11.9. The number of carbonyl (C=O) groups excluding carboxylic acids is 1. The van der Waals surface area contributed by atoms with Gasteiger partial charge in [-0.15, -0.1) is 0 Å². The van der Waals surface area contributed by atoms with Crippen molar-refractivity contribution in [1.82, 2.24) is 5.32 Å². The lowest BCUT2D eigenvalue weighted by Gasteiger charge is -2.20. The summed E-state index contributed by atoms with van der Waals surface area (Å²) in [5, 5.41) is 22.7. The molecule has 4 nitrogen and oxygen atoms in total. The molecule has 1 amide bonds. The van der Waals surface area contributed by atoms with Crippen LogP contribution in [0.4, 0.5) is 0 Å². The fourth-order valence-electron chi connectivity index (χ4n) is 5.01. The number of amides is 1. The summed E-state index contributed by atoms with van der Waals surface area (Å²) in [4.78, 5) is 12.2. The minimum absolute atomic E-state index is 0.0788. The SMILES string of the molecule is CCCCCCC/C=C\C/C=C\C/C=C\CCCCCCCCCCC(=O)NC(CO)C(O)/C=C/CCCCCCC. The van der Waals surface area contributed by atoms with Crippen LogP contribution in [0.5, 0.6) is 0 Å². The third-order valence-corrected chi connectivity index (χ3v) is 7.81. The molecule has 2 unspecified atom stereocenters. The van der Waals surface area contributed by atoms with Crippen LogP contribution in [-0.4, -0.2) is 34.9 Å². The van der Waals surface area contributed by atoms with Crippen molar-refractivity contribution in [2.75, 3.05) is 6.61 Å². The highest BCUT2D eigenvalue weighted by Gasteiger charge is 2.17. The smallest absolute Gasteiger partial charge is 0.220 e. The van der Waals surface area contributed by atoms with Gasteiger partial charge in [-0.2, -0.15) is 0 Å². The van der Waals surface area contributed by atoms with Crippen LogP contribution in [0.25, 0.3) is 0 Å². The highest BCUT2D eigenvalue weighted by molar-refractivity contribution is 5.76. The van der Waals surface area contributed by atoms with E-state index in [0.29, 0.717) is 6.42 Å². The van der Waals surface area contributed by atoms with E-state index >= 15 is 0 Å². The lowest BCUT2D eigenvalue weighted by molar-refractivity contribution is -0.123. The largest absolute Gasteiger partial charge is 0.394 e. The molecule has 2 atom stereocenters. The third-order valence-electron chi connectivity index (χ3n) is 7.81. The maximum Gasteiger partial charge on any atom is 0.220 e. The van der Waals surface area contributed by atoms with Crippen molar-refractivity contribution in [2.45, 2.75) is 180 Å². The van der Waals surface area contributed by atoms with Gasteiger partial charge in [0.05, 0.1) is 18.8 Å². The molecule has 0 aromatic carbocycles. The standard InChI is InChI=1S/C38H69NO3/c1-3-5-7-9-11-12-13-14-15-16-17-18-19-20-21-22-23-24-25-26-28-30-32-34-38(42)39-36(35-40)37(41)33-31-29-27-10-8-6-4-2/h13-14,16-17,19-20,31,33,36-37,40-41H,3-12,15,18,21-30,32,34-35H2,1-2H3,(H,39,42)/b14-13-,17-16-,20-19-,33-31+. The van der Waals surface area contributed by atoms with Crippen molar-refractivity contribution in [3.05, 3.63) is 48.6 Å². The van der Waals surface area contributed by atoms with Crippen LogP contribution in [-0.2, 0) is 4.79 Å². The molecule has 3 N–H and O–H groups in total. The molecule has 0 heterocycles. The van der Waals surface area contributed by atoms with E-state index in [1.165, 1.54) is 109 Å². The maximum absolute atomic E-state index is 12.2. The first kappa shape index (κ1) is 40.4. The number of hydrogen-bond acceptors (Lipinski definition) is 3. The zero-order chi connectivity index (χ0) is 30.8. The molecule has 0 aromatic heterocycles. The van der Waals surface area contributed by atoms with Gasteiger partial charge < -0.3 is 15.5 Å². The molecule has 0 aromatic rings. The fourth-order valence-corrected chi connectivity index (χ4v) is 5.01. The molecule has 244 valence electrons. The summed E-state index contributed by atoms with van der Waals surface area (Å²) in [6, 6.07) is -0.623. The Morgan fingerprint density at radius 3 is 1.45 bits per heavy atom. The highest BCUT2D eigenvalue weighted by Crippen LogP contribution is 2.12. The lowest BCUT2D eigenvalue weighted by atomic mass is 10.1.